The third-order valence-electron chi connectivity index (χ3n) is 3.38. The number of cyclic esters (lactones) is 1. The number of rotatable bonds is 5. The maximum Gasteiger partial charge on any atom is 0.363 e. The number of benzene rings is 2. The summed E-state index contributed by atoms with van der Waals surface area (Å²) >= 11 is 5.87. The molecule has 0 atom stereocenters. The van der Waals surface area contributed by atoms with E-state index in [2.05, 4.69) is 4.99 Å². The Kier molecular flexibility index (Phi) is 4.96. The summed E-state index contributed by atoms with van der Waals surface area (Å²) in [6, 6.07) is 14.5. The van der Waals surface area contributed by atoms with Gasteiger partial charge >= 0.3 is 5.97 Å². The molecule has 2 aromatic rings. The molecule has 5 heteroatoms. The summed E-state index contributed by atoms with van der Waals surface area (Å²) in [6.45, 7) is 2.65. The lowest BCUT2D eigenvalue weighted by Gasteiger charge is -2.07. The first-order valence-corrected chi connectivity index (χ1v) is 8.05. The molecular weight excluding hydrogens is 326 g/mol. The lowest BCUT2D eigenvalue weighted by atomic mass is 10.1. The minimum absolute atomic E-state index is 0.243. The van der Waals surface area contributed by atoms with Crippen molar-refractivity contribution in [1.29, 1.82) is 0 Å². The number of hydrogen-bond acceptors (Lipinski definition) is 4. The van der Waals surface area contributed by atoms with Gasteiger partial charge in [0.1, 0.15) is 5.75 Å². The molecule has 1 aliphatic rings. The summed E-state index contributed by atoms with van der Waals surface area (Å²) in [4.78, 5) is 16.4. The number of carbonyl (C=O) groups excluding carboxylic acids is 1. The van der Waals surface area contributed by atoms with Crippen LogP contribution in [0.3, 0.4) is 0 Å². The van der Waals surface area contributed by atoms with Crippen LogP contribution < -0.4 is 4.74 Å². The van der Waals surface area contributed by atoms with Crippen LogP contribution in [0.25, 0.3) is 6.08 Å². The fraction of sp³-hybridized carbons (Fsp3) is 0.158. The number of halogens is 1. The molecule has 4 nitrogen and oxygen atoms in total. The normalized spacial score (nSPS) is 15.3. The topological polar surface area (TPSA) is 47.9 Å². The van der Waals surface area contributed by atoms with E-state index in [1.54, 1.807) is 30.3 Å². The molecule has 0 fully saturated rings. The van der Waals surface area contributed by atoms with Crippen LogP contribution in [0.1, 0.15) is 24.5 Å². The summed E-state index contributed by atoms with van der Waals surface area (Å²) in [5.41, 5.74) is 1.73. The molecule has 0 amide bonds. The molecule has 0 saturated heterocycles. The third-order valence-corrected chi connectivity index (χ3v) is 3.64. The molecule has 1 aliphatic heterocycles. The second-order valence-electron chi connectivity index (χ2n) is 5.23. The van der Waals surface area contributed by atoms with Crippen LogP contribution >= 0.6 is 11.6 Å². The van der Waals surface area contributed by atoms with Gasteiger partial charge in [0.15, 0.2) is 5.70 Å². The van der Waals surface area contributed by atoms with Crippen LogP contribution in [-0.4, -0.2) is 18.5 Å². The maximum atomic E-state index is 12.1. The first-order chi connectivity index (χ1) is 11.7. The smallest absolute Gasteiger partial charge is 0.363 e. The number of aliphatic imine (C=N–C) groups is 1. The zero-order valence-corrected chi connectivity index (χ0v) is 13.9. The standard InChI is InChI=1S/C19H16ClNO3/c1-2-11-23-17-6-4-3-5-14(17)12-16-19(22)24-18(21-16)13-7-9-15(20)10-8-13/h3-10,12H,2,11H2,1H3. The van der Waals surface area contributed by atoms with Crippen molar-refractivity contribution in [1.82, 2.24) is 0 Å². The maximum absolute atomic E-state index is 12.1. The molecule has 0 aromatic heterocycles. The van der Waals surface area contributed by atoms with Crippen molar-refractivity contribution in [3.8, 4) is 5.75 Å². The highest BCUT2D eigenvalue weighted by Gasteiger charge is 2.24. The largest absolute Gasteiger partial charge is 0.493 e. The van der Waals surface area contributed by atoms with Crippen LogP contribution in [0, 0.1) is 0 Å². The number of hydrogen-bond donors (Lipinski definition) is 0. The zero-order chi connectivity index (χ0) is 16.9. The van der Waals surface area contributed by atoms with Crippen LogP contribution in [0.4, 0.5) is 0 Å². The van der Waals surface area contributed by atoms with Gasteiger partial charge in [0, 0.05) is 16.1 Å². The number of esters is 1. The van der Waals surface area contributed by atoms with Crippen LogP contribution in [0.2, 0.25) is 5.02 Å². The minimum Gasteiger partial charge on any atom is -0.493 e. The summed E-state index contributed by atoms with van der Waals surface area (Å²) in [6.07, 6.45) is 2.59. The van der Waals surface area contributed by atoms with Gasteiger partial charge in [-0.15, -0.1) is 0 Å². The van der Waals surface area contributed by atoms with Crippen molar-refractivity contribution >= 4 is 29.5 Å². The lowest BCUT2D eigenvalue weighted by molar-refractivity contribution is -0.129. The van der Waals surface area contributed by atoms with Gasteiger partial charge in [-0.3, -0.25) is 0 Å². The molecule has 0 aliphatic carbocycles. The highest BCUT2D eigenvalue weighted by Crippen LogP contribution is 2.25. The van der Waals surface area contributed by atoms with Crippen molar-refractivity contribution in [2.75, 3.05) is 6.61 Å². The van der Waals surface area contributed by atoms with E-state index in [1.165, 1.54) is 0 Å². The zero-order valence-electron chi connectivity index (χ0n) is 13.2. The molecule has 0 unspecified atom stereocenters. The molecular formula is C19H16ClNO3. The molecule has 2 aromatic carbocycles. The summed E-state index contributed by atoms with van der Waals surface area (Å²) < 4.78 is 10.9. The van der Waals surface area contributed by atoms with E-state index in [0.717, 1.165) is 17.7 Å². The molecule has 0 saturated carbocycles. The number of carbonyl (C=O) groups is 1. The molecule has 122 valence electrons. The Morgan fingerprint density at radius 1 is 1.17 bits per heavy atom. The number of nitrogens with zero attached hydrogens (tertiary/aromatic N) is 1. The van der Waals surface area contributed by atoms with E-state index < -0.39 is 5.97 Å². The second kappa shape index (κ2) is 7.32. The number of ether oxygens (including phenoxy) is 2. The van der Waals surface area contributed by atoms with Gasteiger partial charge in [-0.25, -0.2) is 9.79 Å². The molecule has 0 spiro atoms. The Balaban J connectivity index is 1.90. The first kappa shape index (κ1) is 16.3. The summed E-state index contributed by atoms with van der Waals surface area (Å²) in [5, 5.41) is 0.612. The van der Waals surface area contributed by atoms with Gasteiger partial charge in [-0.1, -0.05) is 36.7 Å². The van der Waals surface area contributed by atoms with E-state index in [4.69, 9.17) is 21.1 Å². The Morgan fingerprint density at radius 2 is 1.92 bits per heavy atom. The van der Waals surface area contributed by atoms with E-state index in [0.29, 0.717) is 17.2 Å². The van der Waals surface area contributed by atoms with Gasteiger partial charge < -0.3 is 9.47 Å². The molecule has 24 heavy (non-hydrogen) atoms. The quantitative estimate of drug-likeness (QED) is 0.595. The molecule has 0 bridgehead atoms. The SMILES string of the molecule is CCCOc1ccccc1C=C1N=C(c2ccc(Cl)cc2)OC1=O. The van der Waals surface area contributed by atoms with E-state index in [-0.39, 0.29) is 11.6 Å². The fourth-order valence-corrected chi connectivity index (χ4v) is 2.34. The fourth-order valence-electron chi connectivity index (χ4n) is 2.22. The summed E-state index contributed by atoms with van der Waals surface area (Å²) in [5.74, 6) is 0.509. The summed E-state index contributed by atoms with van der Waals surface area (Å²) in [7, 11) is 0. The molecule has 1 heterocycles. The van der Waals surface area contributed by atoms with Gasteiger partial charge in [0.05, 0.1) is 6.61 Å². The van der Waals surface area contributed by atoms with Crippen LogP contribution in [-0.2, 0) is 9.53 Å². The second-order valence-corrected chi connectivity index (χ2v) is 5.67. The Bertz CT molecular complexity index is 810. The van der Waals surface area contributed by atoms with Crippen molar-refractivity contribution in [2.24, 2.45) is 4.99 Å². The number of para-hydroxylation sites is 1. The monoisotopic (exact) mass is 341 g/mol. The van der Waals surface area contributed by atoms with Crippen molar-refractivity contribution in [2.45, 2.75) is 13.3 Å². The van der Waals surface area contributed by atoms with Crippen molar-refractivity contribution in [3.63, 3.8) is 0 Å². The highest BCUT2D eigenvalue weighted by atomic mass is 35.5. The van der Waals surface area contributed by atoms with Crippen molar-refractivity contribution in [3.05, 3.63) is 70.4 Å². The average molecular weight is 342 g/mol. The third kappa shape index (κ3) is 3.66. The molecule has 0 N–H and O–H groups in total. The predicted octanol–water partition coefficient (Wildman–Crippen LogP) is 4.47. The first-order valence-electron chi connectivity index (χ1n) is 7.67. The van der Waals surface area contributed by atoms with Crippen LogP contribution in [0.5, 0.6) is 5.75 Å². The Morgan fingerprint density at radius 3 is 2.67 bits per heavy atom. The Labute approximate surface area is 145 Å². The van der Waals surface area contributed by atoms with Gasteiger partial charge in [0.2, 0.25) is 5.90 Å². The van der Waals surface area contributed by atoms with E-state index in [9.17, 15) is 4.79 Å². The average Bonchev–Trinajstić information content (AvgIpc) is 2.95. The highest BCUT2D eigenvalue weighted by molar-refractivity contribution is 6.30. The van der Waals surface area contributed by atoms with E-state index >= 15 is 0 Å². The molecule has 0 radical (unpaired) electrons. The van der Waals surface area contributed by atoms with Crippen molar-refractivity contribution < 1.29 is 14.3 Å². The van der Waals surface area contributed by atoms with Crippen LogP contribution in [0.15, 0.2) is 59.2 Å². The van der Waals surface area contributed by atoms with Gasteiger partial charge in [-0.05, 0) is 42.8 Å². The van der Waals surface area contributed by atoms with E-state index in [1.807, 2.05) is 31.2 Å². The minimum atomic E-state index is -0.481. The van der Waals surface area contributed by atoms with Gasteiger partial charge in [-0.2, -0.15) is 0 Å². The Hall–Kier alpha value is -2.59. The predicted molar refractivity (Wildman–Crippen MR) is 94.3 cm³/mol. The van der Waals surface area contributed by atoms with Gasteiger partial charge in [0.25, 0.3) is 0 Å². The lowest BCUT2D eigenvalue weighted by Crippen LogP contribution is -2.05. The molecule has 3 rings (SSSR count).